The van der Waals surface area contributed by atoms with Crippen molar-refractivity contribution in [3.05, 3.63) is 0 Å². The van der Waals surface area contributed by atoms with E-state index >= 15 is 0 Å². The summed E-state index contributed by atoms with van der Waals surface area (Å²) in [6.07, 6.45) is 4.19. The second-order valence-corrected chi connectivity index (χ2v) is 5.53. The van der Waals surface area contributed by atoms with Gasteiger partial charge in [-0.25, -0.2) is 0 Å². The summed E-state index contributed by atoms with van der Waals surface area (Å²) < 4.78 is 0. The highest BCUT2D eigenvalue weighted by Crippen LogP contribution is 2.24. The Morgan fingerprint density at radius 2 is 2.29 bits per heavy atom. The van der Waals surface area contributed by atoms with Gasteiger partial charge in [0.15, 0.2) is 0 Å². The molecule has 1 heterocycles. The van der Waals surface area contributed by atoms with Crippen molar-refractivity contribution in [2.45, 2.75) is 52.0 Å². The fourth-order valence-electron chi connectivity index (χ4n) is 2.40. The van der Waals surface area contributed by atoms with E-state index in [0.29, 0.717) is 0 Å². The minimum atomic E-state index is -0.709. The lowest BCUT2D eigenvalue weighted by molar-refractivity contribution is -0.138. The first-order valence-corrected chi connectivity index (χ1v) is 6.32. The number of hydrogen-bond donors (Lipinski definition) is 1. The molecule has 1 N–H and O–H groups in total. The van der Waals surface area contributed by atoms with Crippen LogP contribution in [0.1, 0.15) is 46.0 Å². The van der Waals surface area contributed by atoms with Crippen LogP contribution < -0.4 is 0 Å². The van der Waals surface area contributed by atoms with Crippen molar-refractivity contribution in [3.63, 3.8) is 0 Å². The quantitative estimate of drug-likeness (QED) is 0.771. The molecule has 0 aromatic rings. The Morgan fingerprint density at radius 1 is 1.59 bits per heavy atom. The zero-order valence-electron chi connectivity index (χ0n) is 10.8. The topological polar surface area (TPSA) is 64.3 Å². The largest absolute Gasteiger partial charge is 0.481 e. The van der Waals surface area contributed by atoms with E-state index in [9.17, 15) is 4.79 Å². The Morgan fingerprint density at radius 3 is 2.88 bits per heavy atom. The maximum Gasteiger partial charge on any atom is 0.304 e. The fraction of sp³-hybridized carbons (Fsp3) is 0.846. The first kappa shape index (κ1) is 14.0. The van der Waals surface area contributed by atoms with Crippen molar-refractivity contribution >= 4 is 5.97 Å². The zero-order chi connectivity index (χ0) is 12.9. The highest BCUT2D eigenvalue weighted by molar-refractivity contribution is 5.67. The normalized spacial score (nSPS) is 21.4. The number of nitrogens with zero attached hydrogens (tertiary/aromatic N) is 2. The molecule has 1 atom stereocenters. The van der Waals surface area contributed by atoms with E-state index in [-0.39, 0.29) is 17.9 Å². The predicted octanol–water partition coefficient (Wildman–Crippen LogP) is 2.26. The number of carboxylic acids is 1. The van der Waals surface area contributed by atoms with Gasteiger partial charge in [0.25, 0.3) is 0 Å². The van der Waals surface area contributed by atoms with Crippen LogP contribution in [-0.4, -0.2) is 35.1 Å². The molecule has 17 heavy (non-hydrogen) atoms. The van der Waals surface area contributed by atoms with Crippen molar-refractivity contribution < 1.29 is 9.90 Å². The third kappa shape index (κ3) is 4.74. The second kappa shape index (κ2) is 6.02. The van der Waals surface area contributed by atoms with Gasteiger partial charge in [0, 0.05) is 6.04 Å². The third-order valence-electron chi connectivity index (χ3n) is 3.46. The van der Waals surface area contributed by atoms with Gasteiger partial charge in [-0.3, -0.25) is 9.69 Å². The van der Waals surface area contributed by atoms with Crippen LogP contribution in [0.4, 0.5) is 0 Å². The van der Waals surface area contributed by atoms with Gasteiger partial charge in [0.2, 0.25) is 0 Å². The molecule has 0 saturated carbocycles. The Hall–Kier alpha value is -1.08. The van der Waals surface area contributed by atoms with E-state index in [2.05, 4.69) is 11.0 Å². The van der Waals surface area contributed by atoms with Crippen LogP contribution in [0.5, 0.6) is 0 Å². The number of nitriles is 1. The van der Waals surface area contributed by atoms with Crippen molar-refractivity contribution in [3.8, 4) is 6.07 Å². The molecule has 96 valence electrons. The standard InChI is InChI=1S/C13H22N2O2/c1-13(2,10-14)6-4-8-15-7-3-5-11(15)9-12(16)17/h11H,3-9H2,1-2H3,(H,16,17). The van der Waals surface area contributed by atoms with Gasteiger partial charge in [-0.2, -0.15) is 5.26 Å². The van der Waals surface area contributed by atoms with Crippen LogP contribution in [0.2, 0.25) is 0 Å². The molecule has 1 aliphatic heterocycles. The molecule has 0 aliphatic carbocycles. The average Bonchev–Trinajstić information content (AvgIpc) is 2.65. The Bertz CT molecular complexity index is 307. The second-order valence-electron chi connectivity index (χ2n) is 5.53. The van der Waals surface area contributed by atoms with Crippen LogP contribution in [0.25, 0.3) is 0 Å². The van der Waals surface area contributed by atoms with E-state index in [0.717, 1.165) is 38.8 Å². The van der Waals surface area contributed by atoms with Crippen molar-refractivity contribution in [1.82, 2.24) is 4.90 Å². The van der Waals surface area contributed by atoms with Crippen LogP contribution in [0, 0.1) is 16.7 Å². The lowest BCUT2D eigenvalue weighted by Gasteiger charge is -2.24. The Labute approximate surface area is 103 Å². The van der Waals surface area contributed by atoms with Crippen molar-refractivity contribution in [1.29, 1.82) is 5.26 Å². The van der Waals surface area contributed by atoms with Crippen LogP contribution in [-0.2, 0) is 4.79 Å². The molecule has 4 heteroatoms. The number of carbonyl (C=O) groups is 1. The van der Waals surface area contributed by atoms with Crippen molar-refractivity contribution in [2.24, 2.45) is 5.41 Å². The monoisotopic (exact) mass is 238 g/mol. The van der Waals surface area contributed by atoms with Crippen LogP contribution in [0.3, 0.4) is 0 Å². The molecule has 0 bridgehead atoms. The molecule has 4 nitrogen and oxygen atoms in total. The van der Waals surface area contributed by atoms with Gasteiger partial charge in [-0.1, -0.05) is 0 Å². The zero-order valence-corrected chi connectivity index (χ0v) is 10.8. The maximum absolute atomic E-state index is 10.7. The summed E-state index contributed by atoms with van der Waals surface area (Å²) in [7, 11) is 0. The summed E-state index contributed by atoms with van der Waals surface area (Å²) in [5, 5.41) is 17.7. The molecule has 1 saturated heterocycles. The number of likely N-dealkylation sites (tertiary alicyclic amines) is 1. The smallest absolute Gasteiger partial charge is 0.304 e. The van der Waals surface area contributed by atoms with Gasteiger partial charge in [0.05, 0.1) is 17.9 Å². The first-order valence-electron chi connectivity index (χ1n) is 6.32. The van der Waals surface area contributed by atoms with E-state index in [1.807, 2.05) is 13.8 Å². The maximum atomic E-state index is 10.7. The molecule has 1 unspecified atom stereocenters. The lowest BCUT2D eigenvalue weighted by atomic mass is 9.90. The van der Waals surface area contributed by atoms with E-state index in [1.165, 1.54) is 0 Å². The summed E-state index contributed by atoms with van der Waals surface area (Å²) >= 11 is 0. The highest BCUT2D eigenvalue weighted by Gasteiger charge is 2.26. The summed E-state index contributed by atoms with van der Waals surface area (Å²) in [5.74, 6) is -0.709. The van der Waals surface area contributed by atoms with Gasteiger partial charge in [-0.15, -0.1) is 0 Å². The summed E-state index contributed by atoms with van der Waals surface area (Å²) in [6, 6.07) is 2.50. The van der Waals surface area contributed by atoms with Gasteiger partial charge < -0.3 is 5.11 Å². The number of carboxylic acid groups (broad SMARTS) is 1. The number of rotatable bonds is 6. The molecular formula is C13H22N2O2. The molecule has 0 amide bonds. The van der Waals surface area contributed by atoms with Gasteiger partial charge in [0.1, 0.15) is 0 Å². The van der Waals surface area contributed by atoms with Crippen LogP contribution >= 0.6 is 0 Å². The minimum absolute atomic E-state index is 0.206. The summed E-state index contributed by atoms with van der Waals surface area (Å²) in [4.78, 5) is 13.0. The number of aliphatic carboxylic acids is 1. The highest BCUT2D eigenvalue weighted by atomic mass is 16.4. The van der Waals surface area contributed by atoms with Crippen LogP contribution in [0.15, 0.2) is 0 Å². The average molecular weight is 238 g/mol. The number of hydrogen-bond acceptors (Lipinski definition) is 3. The van der Waals surface area contributed by atoms with E-state index in [1.54, 1.807) is 0 Å². The summed E-state index contributed by atoms with van der Waals surface area (Å²) in [5.41, 5.74) is -0.262. The van der Waals surface area contributed by atoms with Gasteiger partial charge in [-0.05, 0) is 52.6 Å². The molecule has 0 radical (unpaired) electrons. The first-order chi connectivity index (χ1) is 7.94. The van der Waals surface area contributed by atoms with Crippen molar-refractivity contribution in [2.75, 3.05) is 13.1 Å². The fourth-order valence-corrected chi connectivity index (χ4v) is 2.40. The molecule has 1 fully saturated rings. The molecule has 0 spiro atoms. The van der Waals surface area contributed by atoms with E-state index < -0.39 is 5.97 Å². The molecule has 1 aliphatic rings. The Kier molecular flexibility index (Phi) is 4.95. The third-order valence-corrected chi connectivity index (χ3v) is 3.46. The van der Waals surface area contributed by atoms with E-state index in [4.69, 9.17) is 10.4 Å². The summed E-state index contributed by atoms with van der Waals surface area (Å²) in [6.45, 7) is 5.82. The molecule has 1 rings (SSSR count). The lowest BCUT2D eigenvalue weighted by Crippen LogP contribution is -2.32. The minimum Gasteiger partial charge on any atom is -0.481 e. The Balaban J connectivity index is 2.31. The predicted molar refractivity (Wildman–Crippen MR) is 65.5 cm³/mol. The van der Waals surface area contributed by atoms with Gasteiger partial charge >= 0.3 is 5.97 Å². The molecule has 0 aromatic heterocycles. The SMILES string of the molecule is CC(C)(C#N)CCCN1CCCC1CC(=O)O. The molecular weight excluding hydrogens is 216 g/mol. The molecule has 0 aromatic carbocycles.